The van der Waals surface area contributed by atoms with Crippen LogP contribution in [0.1, 0.15) is 26.2 Å². The van der Waals surface area contributed by atoms with Gasteiger partial charge in [-0.25, -0.2) is 8.78 Å². The number of rotatable bonds is 7. The van der Waals surface area contributed by atoms with Crippen molar-refractivity contribution in [1.29, 1.82) is 0 Å². The third-order valence-corrected chi connectivity index (χ3v) is 3.50. The third kappa shape index (κ3) is 4.80. The van der Waals surface area contributed by atoms with E-state index in [-0.39, 0.29) is 18.7 Å². The van der Waals surface area contributed by atoms with E-state index >= 15 is 0 Å². The van der Waals surface area contributed by atoms with Gasteiger partial charge in [0, 0.05) is 37.2 Å². The van der Waals surface area contributed by atoms with Crippen LogP contribution < -0.4 is 0 Å². The molecule has 0 saturated heterocycles. The van der Waals surface area contributed by atoms with Gasteiger partial charge < -0.3 is 9.64 Å². The van der Waals surface area contributed by atoms with Crippen LogP contribution in [0.5, 0.6) is 0 Å². The summed E-state index contributed by atoms with van der Waals surface area (Å²) in [6.45, 7) is 3.92. The van der Waals surface area contributed by atoms with E-state index in [0.29, 0.717) is 32.7 Å². The molecular weight excluding hydrogens is 308 g/mol. The number of nitrogens with zero attached hydrogens (tertiary/aromatic N) is 1. The summed E-state index contributed by atoms with van der Waals surface area (Å²) >= 11 is 3.24. The lowest BCUT2D eigenvalue weighted by Gasteiger charge is -2.24. The van der Waals surface area contributed by atoms with Crippen molar-refractivity contribution >= 4 is 21.8 Å². The number of alkyl halides is 3. The molecule has 1 aliphatic rings. The second-order valence-corrected chi connectivity index (χ2v) is 5.31. The van der Waals surface area contributed by atoms with E-state index in [1.807, 2.05) is 6.92 Å². The Labute approximate surface area is 115 Å². The van der Waals surface area contributed by atoms with Crippen LogP contribution in [0, 0.1) is 5.92 Å². The zero-order valence-corrected chi connectivity index (χ0v) is 12.2. The van der Waals surface area contributed by atoms with E-state index in [1.54, 1.807) is 4.90 Å². The van der Waals surface area contributed by atoms with Gasteiger partial charge in [0.2, 0.25) is 11.8 Å². The van der Waals surface area contributed by atoms with Gasteiger partial charge in [-0.1, -0.05) is 15.9 Å². The Morgan fingerprint density at radius 3 is 2.72 bits per heavy atom. The summed E-state index contributed by atoms with van der Waals surface area (Å²) in [7, 11) is 0. The summed E-state index contributed by atoms with van der Waals surface area (Å²) < 4.78 is 31.4. The Morgan fingerprint density at radius 1 is 1.50 bits per heavy atom. The Kier molecular flexibility index (Phi) is 6.49. The minimum Gasteiger partial charge on any atom is -0.379 e. The molecule has 3 nitrogen and oxygen atoms in total. The smallest absolute Gasteiger partial charge is 0.248 e. The molecule has 6 heteroatoms. The van der Waals surface area contributed by atoms with Crippen molar-refractivity contribution in [2.75, 3.05) is 31.6 Å². The fraction of sp³-hybridized carbons (Fsp3) is 0.917. The Hall–Kier alpha value is -0.230. The maximum absolute atomic E-state index is 13.1. The van der Waals surface area contributed by atoms with Crippen LogP contribution in [-0.4, -0.2) is 48.4 Å². The first-order valence-electron chi connectivity index (χ1n) is 6.30. The first kappa shape index (κ1) is 15.8. The van der Waals surface area contributed by atoms with E-state index in [1.165, 1.54) is 0 Å². The average molecular weight is 328 g/mol. The fourth-order valence-corrected chi connectivity index (χ4v) is 2.40. The van der Waals surface area contributed by atoms with Gasteiger partial charge in [-0.2, -0.15) is 0 Å². The number of hydrogen-bond donors (Lipinski definition) is 0. The van der Waals surface area contributed by atoms with Crippen LogP contribution in [-0.2, 0) is 9.53 Å². The van der Waals surface area contributed by atoms with Crippen molar-refractivity contribution in [3.63, 3.8) is 0 Å². The molecule has 0 aromatic heterocycles. The monoisotopic (exact) mass is 327 g/mol. The maximum Gasteiger partial charge on any atom is 0.248 e. The van der Waals surface area contributed by atoms with Gasteiger partial charge in [0.1, 0.15) is 0 Å². The first-order chi connectivity index (χ1) is 8.50. The maximum atomic E-state index is 13.1. The molecule has 1 amide bonds. The Morgan fingerprint density at radius 2 is 2.22 bits per heavy atom. The molecule has 1 saturated carbocycles. The minimum atomic E-state index is -2.66. The summed E-state index contributed by atoms with van der Waals surface area (Å²) in [6.07, 6.45) is -0.170. The highest BCUT2D eigenvalue weighted by Crippen LogP contribution is 2.39. The topological polar surface area (TPSA) is 29.5 Å². The summed E-state index contributed by atoms with van der Waals surface area (Å²) in [4.78, 5) is 13.7. The highest BCUT2D eigenvalue weighted by molar-refractivity contribution is 9.09. The van der Waals surface area contributed by atoms with Gasteiger partial charge in [-0.05, 0) is 13.3 Å². The van der Waals surface area contributed by atoms with Crippen LogP contribution in [0.4, 0.5) is 8.78 Å². The predicted octanol–water partition coefficient (Wildman–Crippen LogP) is 2.68. The van der Waals surface area contributed by atoms with Gasteiger partial charge in [0.05, 0.1) is 13.2 Å². The number of likely N-dealkylation sites (N-methyl/N-ethyl adjacent to an activating group) is 1. The van der Waals surface area contributed by atoms with Crippen molar-refractivity contribution in [2.24, 2.45) is 5.92 Å². The molecule has 0 radical (unpaired) electrons. The molecule has 1 unspecified atom stereocenters. The number of hydrogen-bond acceptors (Lipinski definition) is 2. The van der Waals surface area contributed by atoms with Crippen LogP contribution in [0.25, 0.3) is 0 Å². The Bertz CT molecular complexity index is 277. The van der Waals surface area contributed by atoms with Gasteiger partial charge in [0.15, 0.2) is 0 Å². The minimum absolute atomic E-state index is 0.155. The van der Waals surface area contributed by atoms with E-state index in [0.717, 1.165) is 5.33 Å². The van der Waals surface area contributed by atoms with Crippen molar-refractivity contribution in [1.82, 2.24) is 4.90 Å². The average Bonchev–Trinajstić information content (AvgIpc) is 2.69. The summed E-state index contributed by atoms with van der Waals surface area (Å²) in [6, 6.07) is 0. The van der Waals surface area contributed by atoms with Crippen LogP contribution in [0.3, 0.4) is 0 Å². The molecule has 0 heterocycles. The molecule has 1 aliphatic carbocycles. The Balaban J connectivity index is 2.37. The van der Waals surface area contributed by atoms with Gasteiger partial charge in [0.25, 0.3) is 0 Å². The molecule has 0 bridgehead atoms. The van der Waals surface area contributed by atoms with Crippen molar-refractivity contribution in [3.8, 4) is 0 Å². The number of amides is 1. The standard InChI is InChI=1S/C12H20BrF2NO2/c1-2-16(6-8-18-7-5-13)11(17)10-3-4-12(14,15)9-10/h10H,2-9H2,1H3. The largest absolute Gasteiger partial charge is 0.379 e. The lowest BCUT2D eigenvalue weighted by atomic mass is 10.1. The van der Waals surface area contributed by atoms with Crippen LogP contribution in [0.2, 0.25) is 0 Å². The van der Waals surface area contributed by atoms with Gasteiger partial charge >= 0.3 is 0 Å². The van der Waals surface area contributed by atoms with Crippen molar-refractivity contribution < 1.29 is 18.3 Å². The lowest BCUT2D eigenvalue weighted by Crippen LogP contribution is -2.38. The molecule has 106 valence electrons. The molecule has 1 fully saturated rings. The molecule has 1 rings (SSSR count). The molecule has 0 aromatic carbocycles. The molecule has 0 aromatic rings. The first-order valence-corrected chi connectivity index (χ1v) is 7.42. The second-order valence-electron chi connectivity index (χ2n) is 4.51. The number of carbonyl (C=O) groups is 1. The summed E-state index contributed by atoms with van der Waals surface area (Å²) in [5, 5.41) is 0.752. The summed E-state index contributed by atoms with van der Waals surface area (Å²) in [5.74, 6) is -3.33. The summed E-state index contributed by atoms with van der Waals surface area (Å²) in [5.41, 5.74) is 0. The van der Waals surface area contributed by atoms with Crippen molar-refractivity contribution in [3.05, 3.63) is 0 Å². The molecular formula is C12H20BrF2NO2. The van der Waals surface area contributed by atoms with E-state index in [9.17, 15) is 13.6 Å². The zero-order valence-electron chi connectivity index (χ0n) is 10.6. The second kappa shape index (κ2) is 7.38. The SMILES string of the molecule is CCN(CCOCCBr)C(=O)C1CCC(F)(F)C1. The molecule has 18 heavy (non-hydrogen) atoms. The quantitative estimate of drug-likeness (QED) is 0.531. The third-order valence-electron chi connectivity index (χ3n) is 3.17. The number of halogens is 3. The molecule has 1 atom stereocenters. The molecule has 0 spiro atoms. The predicted molar refractivity (Wildman–Crippen MR) is 69.2 cm³/mol. The van der Waals surface area contributed by atoms with Crippen LogP contribution in [0.15, 0.2) is 0 Å². The fourth-order valence-electron chi connectivity index (χ4n) is 2.17. The highest BCUT2D eigenvalue weighted by Gasteiger charge is 2.43. The lowest BCUT2D eigenvalue weighted by molar-refractivity contribution is -0.136. The molecule has 0 aliphatic heterocycles. The van der Waals surface area contributed by atoms with Gasteiger partial charge in [-0.3, -0.25) is 4.79 Å². The van der Waals surface area contributed by atoms with E-state index in [4.69, 9.17) is 4.74 Å². The molecule has 0 N–H and O–H groups in total. The van der Waals surface area contributed by atoms with Crippen LogP contribution >= 0.6 is 15.9 Å². The van der Waals surface area contributed by atoms with E-state index in [2.05, 4.69) is 15.9 Å². The van der Waals surface area contributed by atoms with E-state index < -0.39 is 11.8 Å². The normalized spacial score (nSPS) is 22.1. The van der Waals surface area contributed by atoms with Crippen molar-refractivity contribution in [2.45, 2.75) is 32.1 Å². The zero-order chi connectivity index (χ0) is 13.6. The highest BCUT2D eigenvalue weighted by atomic mass is 79.9. The van der Waals surface area contributed by atoms with Gasteiger partial charge in [-0.15, -0.1) is 0 Å². The number of carbonyl (C=O) groups excluding carboxylic acids is 1. The number of ether oxygens (including phenoxy) is 1.